The molecule has 0 spiro atoms. The average Bonchev–Trinajstić information content (AvgIpc) is 2.84. The second kappa shape index (κ2) is 5.66. The Morgan fingerprint density at radius 2 is 1.90 bits per heavy atom. The SMILES string of the molecule is Nc1cn(C2CCCCC2)nc1-c1cc(Cl)ccc1Cl. The van der Waals surface area contributed by atoms with Gasteiger partial charge in [0.05, 0.1) is 16.8 Å². The molecule has 20 heavy (non-hydrogen) atoms. The third-order valence-corrected chi connectivity index (χ3v) is 4.46. The topological polar surface area (TPSA) is 43.8 Å². The average molecular weight is 310 g/mol. The van der Waals surface area contributed by atoms with Crippen LogP contribution in [0.15, 0.2) is 24.4 Å². The van der Waals surface area contributed by atoms with Crippen molar-refractivity contribution in [3.05, 3.63) is 34.4 Å². The summed E-state index contributed by atoms with van der Waals surface area (Å²) < 4.78 is 2.00. The Labute approximate surface area is 128 Å². The van der Waals surface area contributed by atoms with Gasteiger partial charge in [0.25, 0.3) is 0 Å². The molecule has 0 saturated heterocycles. The lowest BCUT2D eigenvalue weighted by molar-refractivity contribution is 0.330. The number of benzene rings is 1. The molecule has 1 fully saturated rings. The molecule has 0 bridgehead atoms. The second-order valence-electron chi connectivity index (χ2n) is 5.33. The van der Waals surface area contributed by atoms with Crippen LogP contribution in [0, 0.1) is 0 Å². The summed E-state index contributed by atoms with van der Waals surface area (Å²) in [6, 6.07) is 5.81. The monoisotopic (exact) mass is 309 g/mol. The van der Waals surface area contributed by atoms with Gasteiger partial charge in [-0.25, -0.2) is 0 Å². The molecule has 1 aromatic heterocycles. The summed E-state index contributed by atoms with van der Waals surface area (Å²) in [5.41, 5.74) is 8.29. The van der Waals surface area contributed by atoms with E-state index in [1.165, 1.54) is 32.1 Å². The van der Waals surface area contributed by atoms with Crippen molar-refractivity contribution in [1.82, 2.24) is 9.78 Å². The Balaban J connectivity index is 1.98. The lowest BCUT2D eigenvalue weighted by Crippen LogP contribution is -2.13. The van der Waals surface area contributed by atoms with Crippen LogP contribution >= 0.6 is 23.2 Å². The van der Waals surface area contributed by atoms with E-state index >= 15 is 0 Å². The predicted octanol–water partition coefficient (Wildman–Crippen LogP) is 4.94. The van der Waals surface area contributed by atoms with E-state index in [4.69, 9.17) is 28.9 Å². The van der Waals surface area contributed by atoms with E-state index in [1.54, 1.807) is 12.1 Å². The van der Waals surface area contributed by atoms with Crippen LogP contribution < -0.4 is 5.73 Å². The third kappa shape index (κ3) is 2.65. The minimum atomic E-state index is 0.456. The van der Waals surface area contributed by atoms with Crippen LogP contribution in [0.4, 0.5) is 5.69 Å². The smallest absolute Gasteiger partial charge is 0.117 e. The minimum Gasteiger partial charge on any atom is -0.396 e. The van der Waals surface area contributed by atoms with Gasteiger partial charge in [-0.2, -0.15) is 5.10 Å². The van der Waals surface area contributed by atoms with Gasteiger partial charge in [-0.3, -0.25) is 4.68 Å². The molecule has 2 aromatic rings. The Hall–Kier alpha value is -1.19. The largest absolute Gasteiger partial charge is 0.396 e. The molecule has 0 aliphatic heterocycles. The first-order chi connectivity index (χ1) is 9.65. The van der Waals surface area contributed by atoms with Gasteiger partial charge in [0, 0.05) is 16.8 Å². The Kier molecular flexibility index (Phi) is 3.90. The van der Waals surface area contributed by atoms with Crippen LogP contribution in [0.1, 0.15) is 38.1 Å². The van der Waals surface area contributed by atoms with E-state index in [9.17, 15) is 0 Å². The van der Waals surface area contributed by atoms with Crippen molar-refractivity contribution in [2.45, 2.75) is 38.1 Å². The molecular weight excluding hydrogens is 293 g/mol. The highest BCUT2D eigenvalue weighted by Crippen LogP contribution is 2.35. The van der Waals surface area contributed by atoms with Crippen molar-refractivity contribution in [3.8, 4) is 11.3 Å². The maximum absolute atomic E-state index is 6.23. The number of halogens is 2. The highest BCUT2D eigenvalue weighted by molar-refractivity contribution is 6.35. The number of hydrogen-bond donors (Lipinski definition) is 1. The quantitative estimate of drug-likeness (QED) is 0.853. The molecule has 0 amide bonds. The fraction of sp³-hybridized carbons (Fsp3) is 0.400. The van der Waals surface area contributed by atoms with Gasteiger partial charge < -0.3 is 5.73 Å². The Morgan fingerprint density at radius 1 is 1.15 bits per heavy atom. The van der Waals surface area contributed by atoms with Gasteiger partial charge in [-0.1, -0.05) is 42.5 Å². The summed E-state index contributed by atoms with van der Waals surface area (Å²) in [5.74, 6) is 0. The summed E-state index contributed by atoms with van der Waals surface area (Å²) >= 11 is 12.3. The number of rotatable bonds is 2. The number of hydrogen-bond acceptors (Lipinski definition) is 2. The van der Waals surface area contributed by atoms with E-state index in [-0.39, 0.29) is 0 Å². The number of nitrogens with zero attached hydrogens (tertiary/aromatic N) is 2. The zero-order valence-corrected chi connectivity index (χ0v) is 12.7. The van der Waals surface area contributed by atoms with Crippen molar-refractivity contribution in [3.63, 3.8) is 0 Å². The van der Waals surface area contributed by atoms with Crippen molar-refractivity contribution < 1.29 is 0 Å². The standard InChI is InChI=1S/C15H17Cl2N3/c16-10-6-7-13(17)12(8-10)15-14(18)9-20(19-15)11-4-2-1-3-5-11/h6-9,11H,1-5,18H2. The number of nitrogen functional groups attached to an aromatic ring is 1. The molecule has 3 nitrogen and oxygen atoms in total. The fourth-order valence-electron chi connectivity index (χ4n) is 2.83. The van der Waals surface area contributed by atoms with Gasteiger partial charge in [0.15, 0.2) is 0 Å². The fourth-order valence-corrected chi connectivity index (χ4v) is 3.21. The summed E-state index contributed by atoms with van der Waals surface area (Å²) in [7, 11) is 0. The van der Waals surface area contributed by atoms with Gasteiger partial charge in [0.1, 0.15) is 5.69 Å². The van der Waals surface area contributed by atoms with Crippen LogP contribution in [0.25, 0.3) is 11.3 Å². The highest BCUT2D eigenvalue weighted by Gasteiger charge is 2.19. The first-order valence-corrected chi connectivity index (χ1v) is 7.71. The van der Waals surface area contributed by atoms with Gasteiger partial charge >= 0.3 is 0 Å². The molecule has 0 unspecified atom stereocenters. The molecule has 1 saturated carbocycles. The Bertz CT molecular complexity index is 616. The summed E-state index contributed by atoms with van der Waals surface area (Å²) in [4.78, 5) is 0. The van der Waals surface area contributed by atoms with Crippen molar-refractivity contribution in [2.75, 3.05) is 5.73 Å². The first-order valence-electron chi connectivity index (χ1n) is 6.95. The molecule has 1 aromatic carbocycles. The molecule has 5 heteroatoms. The van der Waals surface area contributed by atoms with Crippen molar-refractivity contribution in [1.29, 1.82) is 0 Å². The first kappa shape index (κ1) is 13.8. The third-order valence-electron chi connectivity index (χ3n) is 3.89. The zero-order valence-electron chi connectivity index (χ0n) is 11.1. The predicted molar refractivity (Wildman–Crippen MR) is 84.2 cm³/mol. The maximum atomic E-state index is 6.23. The van der Waals surface area contributed by atoms with Crippen molar-refractivity contribution >= 4 is 28.9 Å². The maximum Gasteiger partial charge on any atom is 0.117 e. The number of anilines is 1. The van der Waals surface area contributed by atoms with Gasteiger partial charge in [0.2, 0.25) is 0 Å². The minimum absolute atomic E-state index is 0.456. The second-order valence-corrected chi connectivity index (χ2v) is 6.17. The highest BCUT2D eigenvalue weighted by atomic mass is 35.5. The van der Waals surface area contributed by atoms with Crippen LogP contribution in [0.5, 0.6) is 0 Å². The number of nitrogens with two attached hydrogens (primary N) is 1. The summed E-state index contributed by atoms with van der Waals surface area (Å²) in [5, 5.41) is 5.91. The molecular formula is C15H17Cl2N3. The van der Waals surface area contributed by atoms with Crippen molar-refractivity contribution in [2.24, 2.45) is 0 Å². The van der Waals surface area contributed by atoms with E-state index in [1.807, 2.05) is 16.9 Å². The lowest BCUT2D eigenvalue weighted by atomic mass is 9.96. The van der Waals surface area contributed by atoms with E-state index in [0.717, 1.165) is 11.3 Å². The van der Waals surface area contributed by atoms with Crippen LogP contribution in [-0.4, -0.2) is 9.78 Å². The van der Waals surface area contributed by atoms with E-state index in [0.29, 0.717) is 21.8 Å². The molecule has 3 rings (SSSR count). The molecule has 2 N–H and O–H groups in total. The normalized spacial score (nSPS) is 16.5. The van der Waals surface area contributed by atoms with Gasteiger partial charge in [-0.15, -0.1) is 0 Å². The molecule has 1 heterocycles. The molecule has 0 atom stereocenters. The van der Waals surface area contributed by atoms with E-state index in [2.05, 4.69) is 5.10 Å². The molecule has 1 aliphatic carbocycles. The number of aromatic nitrogens is 2. The van der Waals surface area contributed by atoms with E-state index < -0.39 is 0 Å². The van der Waals surface area contributed by atoms with Crippen LogP contribution in [0.3, 0.4) is 0 Å². The van der Waals surface area contributed by atoms with Crippen LogP contribution in [-0.2, 0) is 0 Å². The van der Waals surface area contributed by atoms with Crippen LogP contribution in [0.2, 0.25) is 10.0 Å². The molecule has 0 radical (unpaired) electrons. The zero-order chi connectivity index (χ0) is 14.1. The van der Waals surface area contributed by atoms with Gasteiger partial charge in [-0.05, 0) is 31.0 Å². The molecule has 106 valence electrons. The summed E-state index contributed by atoms with van der Waals surface area (Å²) in [6.45, 7) is 0. The Morgan fingerprint density at radius 3 is 2.65 bits per heavy atom. The summed E-state index contributed by atoms with van der Waals surface area (Å²) in [6.07, 6.45) is 8.10. The lowest BCUT2D eigenvalue weighted by Gasteiger charge is -2.21. The molecule has 1 aliphatic rings.